The Bertz CT molecular complexity index is 1330. The fraction of sp³-hybridized carbons (Fsp3) is 0.321. The standard InChI is InChI=1S/C28H29Cl2N5O4/c29-18-1-4-22(27(36)34-26-6-2-19(30)17-32-26)24(15-18)33-28(37)23-5-3-20(35-11-13-38-14-12-35)16-25(23)39-21-7-9-31-10-8-21/h1-6,15-17,21,31H,7-14H2,(H,33,37)(H,32,34,36). The van der Waals surface area contributed by atoms with Crippen LogP contribution in [0.25, 0.3) is 0 Å². The SMILES string of the molecule is O=C(Nc1ccc(Cl)cn1)c1ccc(Cl)cc1NC(=O)c1ccc(N2CCOCC2)cc1OC1CCNCC1. The number of ether oxygens (including phenoxy) is 2. The number of amides is 2. The van der Waals surface area contributed by atoms with Crippen LogP contribution in [0.15, 0.2) is 54.7 Å². The van der Waals surface area contributed by atoms with Gasteiger partial charge in [-0.05, 0) is 68.4 Å². The molecule has 3 N–H and O–H groups in total. The molecule has 0 atom stereocenters. The first-order chi connectivity index (χ1) is 19.0. The van der Waals surface area contributed by atoms with Crippen molar-refractivity contribution in [1.82, 2.24) is 10.3 Å². The molecule has 39 heavy (non-hydrogen) atoms. The van der Waals surface area contributed by atoms with Crippen molar-refractivity contribution < 1.29 is 19.1 Å². The molecule has 2 aliphatic heterocycles. The van der Waals surface area contributed by atoms with Gasteiger partial charge in [-0.1, -0.05) is 23.2 Å². The number of anilines is 3. The van der Waals surface area contributed by atoms with E-state index < -0.39 is 11.8 Å². The summed E-state index contributed by atoms with van der Waals surface area (Å²) in [6.07, 6.45) is 3.13. The molecule has 2 saturated heterocycles. The molecule has 2 aromatic carbocycles. The lowest BCUT2D eigenvalue weighted by Crippen LogP contribution is -2.36. The van der Waals surface area contributed by atoms with Crippen LogP contribution in [-0.4, -0.2) is 62.3 Å². The van der Waals surface area contributed by atoms with Gasteiger partial charge in [0.05, 0.1) is 35.1 Å². The second-order valence-corrected chi connectivity index (χ2v) is 10.2. The van der Waals surface area contributed by atoms with E-state index in [2.05, 4.69) is 25.8 Å². The number of halogens is 2. The first-order valence-electron chi connectivity index (χ1n) is 12.8. The molecule has 2 fully saturated rings. The average Bonchev–Trinajstić information content (AvgIpc) is 2.95. The molecule has 3 heterocycles. The Morgan fingerprint density at radius 2 is 1.64 bits per heavy atom. The number of aromatic nitrogens is 1. The topological polar surface area (TPSA) is 105 Å². The monoisotopic (exact) mass is 569 g/mol. The molecule has 0 radical (unpaired) electrons. The first kappa shape index (κ1) is 27.2. The minimum Gasteiger partial charge on any atom is -0.489 e. The van der Waals surface area contributed by atoms with Gasteiger partial charge in [0.25, 0.3) is 11.8 Å². The highest BCUT2D eigenvalue weighted by atomic mass is 35.5. The number of hydrogen-bond acceptors (Lipinski definition) is 7. The average molecular weight is 570 g/mol. The summed E-state index contributed by atoms with van der Waals surface area (Å²) >= 11 is 12.1. The molecule has 3 aromatic rings. The van der Waals surface area contributed by atoms with E-state index in [4.69, 9.17) is 32.7 Å². The Morgan fingerprint density at radius 3 is 2.38 bits per heavy atom. The van der Waals surface area contributed by atoms with Gasteiger partial charge in [0, 0.05) is 36.1 Å². The van der Waals surface area contributed by atoms with Gasteiger partial charge in [0.2, 0.25) is 0 Å². The Labute approximate surface area is 236 Å². The van der Waals surface area contributed by atoms with Crippen LogP contribution in [0.5, 0.6) is 5.75 Å². The van der Waals surface area contributed by atoms with Crippen molar-refractivity contribution in [1.29, 1.82) is 0 Å². The number of pyridine rings is 1. The summed E-state index contributed by atoms with van der Waals surface area (Å²) in [5.41, 5.74) is 1.84. The predicted octanol–water partition coefficient (Wildman–Crippen LogP) is 4.86. The zero-order valence-corrected chi connectivity index (χ0v) is 22.7. The maximum atomic E-state index is 13.6. The molecule has 0 saturated carbocycles. The van der Waals surface area contributed by atoms with Crippen LogP contribution in [0, 0.1) is 0 Å². The first-order valence-corrected chi connectivity index (χ1v) is 13.6. The van der Waals surface area contributed by atoms with Crippen molar-refractivity contribution in [2.75, 3.05) is 54.9 Å². The van der Waals surface area contributed by atoms with Gasteiger partial charge < -0.3 is 30.3 Å². The molecule has 0 aliphatic carbocycles. The maximum absolute atomic E-state index is 13.6. The number of hydrogen-bond donors (Lipinski definition) is 3. The lowest BCUT2D eigenvalue weighted by atomic mass is 10.1. The lowest BCUT2D eigenvalue weighted by molar-refractivity contribution is 0.101. The van der Waals surface area contributed by atoms with Crippen molar-refractivity contribution >= 4 is 52.2 Å². The van der Waals surface area contributed by atoms with Crippen molar-refractivity contribution in [2.24, 2.45) is 0 Å². The third-order valence-electron chi connectivity index (χ3n) is 6.61. The largest absolute Gasteiger partial charge is 0.489 e. The molecule has 2 amide bonds. The van der Waals surface area contributed by atoms with E-state index in [9.17, 15) is 9.59 Å². The molecule has 5 rings (SSSR count). The number of benzene rings is 2. The molecular formula is C28H29Cl2N5O4. The van der Waals surface area contributed by atoms with Crippen LogP contribution in [0.1, 0.15) is 33.6 Å². The Kier molecular flexibility index (Phi) is 8.83. The third-order valence-corrected chi connectivity index (χ3v) is 7.07. The van der Waals surface area contributed by atoms with Crippen molar-refractivity contribution in [3.05, 3.63) is 75.9 Å². The Morgan fingerprint density at radius 1 is 0.923 bits per heavy atom. The smallest absolute Gasteiger partial charge is 0.259 e. The van der Waals surface area contributed by atoms with E-state index in [1.807, 2.05) is 12.1 Å². The molecule has 204 valence electrons. The van der Waals surface area contributed by atoms with E-state index in [0.29, 0.717) is 40.4 Å². The number of carbonyl (C=O) groups excluding carboxylic acids is 2. The quantitative estimate of drug-likeness (QED) is 0.373. The highest BCUT2D eigenvalue weighted by molar-refractivity contribution is 6.31. The van der Waals surface area contributed by atoms with Crippen LogP contribution < -0.4 is 25.6 Å². The molecule has 0 spiro atoms. The molecule has 9 nitrogen and oxygen atoms in total. The van der Waals surface area contributed by atoms with Crippen molar-refractivity contribution in [3.63, 3.8) is 0 Å². The van der Waals surface area contributed by atoms with Gasteiger partial charge in [-0.15, -0.1) is 0 Å². The number of nitrogens with one attached hydrogen (secondary N) is 3. The van der Waals surface area contributed by atoms with Gasteiger partial charge in [-0.2, -0.15) is 0 Å². The maximum Gasteiger partial charge on any atom is 0.259 e. The molecule has 0 unspecified atom stereocenters. The fourth-order valence-electron chi connectivity index (χ4n) is 4.55. The second kappa shape index (κ2) is 12.7. The van der Waals surface area contributed by atoms with E-state index in [1.165, 1.54) is 6.20 Å². The number of morpholine rings is 1. The van der Waals surface area contributed by atoms with Crippen LogP contribution >= 0.6 is 23.2 Å². The molecule has 1 aromatic heterocycles. The van der Waals surface area contributed by atoms with Gasteiger partial charge in [-0.25, -0.2) is 4.98 Å². The van der Waals surface area contributed by atoms with Crippen LogP contribution in [0.2, 0.25) is 10.0 Å². The van der Waals surface area contributed by atoms with Crippen molar-refractivity contribution in [2.45, 2.75) is 18.9 Å². The summed E-state index contributed by atoms with van der Waals surface area (Å²) in [5.74, 6) is -0.0335. The Hall–Kier alpha value is -3.37. The minimum absolute atomic E-state index is 0.00266. The van der Waals surface area contributed by atoms with E-state index in [0.717, 1.165) is 44.7 Å². The number of nitrogens with zero attached hydrogens (tertiary/aromatic N) is 2. The van der Waals surface area contributed by atoms with E-state index in [-0.39, 0.29) is 17.4 Å². The van der Waals surface area contributed by atoms with Crippen LogP contribution in [0.3, 0.4) is 0 Å². The summed E-state index contributed by atoms with van der Waals surface area (Å²) in [7, 11) is 0. The summed E-state index contributed by atoms with van der Waals surface area (Å²) in [5, 5.41) is 9.75. The Balaban J connectivity index is 1.40. The van der Waals surface area contributed by atoms with E-state index in [1.54, 1.807) is 36.4 Å². The molecule has 0 bridgehead atoms. The molecule has 11 heteroatoms. The van der Waals surface area contributed by atoms with Crippen LogP contribution in [-0.2, 0) is 4.74 Å². The molecular weight excluding hydrogens is 541 g/mol. The highest BCUT2D eigenvalue weighted by Crippen LogP contribution is 2.30. The predicted molar refractivity (Wildman–Crippen MR) is 153 cm³/mol. The minimum atomic E-state index is -0.453. The molecule has 2 aliphatic rings. The second-order valence-electron chi connectivity index (χ2n) is 9.31. The number of piperidine rings is 1. The summed E-state index contributed by atoms with van der Waals surface area (Å²) in [6.45, 7) is 4.55. The summed E-state index contributed by atoms with van der Waals surface area (Å²) < 4.78 is 11.9. The number of carbonyl (C=O) groups is 2. The fourth-order valence-corrected chi connectivity index (χ4v) is 4.83. The van der Waals surface area contributed by atoms with Crippen molar-refractivity contribution in [3.8, 4) is 5.75 Å². The van der Waals surface area contributed by atoms with Gasteiger partial charge in [0.1, 0.15) is 17.7 Å². The summed E-state index contributed by atoms with van der Waals surface area (Å²) in [4.78, 5) is 33.0. The van der Waals surface area contributed by atoms with Gasteiger partial charge in [-0.3, -0.25) is 9.59 Å². The summed E-state index contributed by atoms with van der Waals surface area (Å²) in [6, 6.07) is 13.5. The third kappa shape index (κ3) is 6.99. The zero-order valence-electron chi connectivity index (χ0n) is 21.2. The number of rotatable bonds is 7. The highest BCUT2D eigenvalue weighted by Gasteiger charge is 2.23. The lowest BCUT2D eigenvalue weighted by Gasteiger charge is -2.30. The van der Waals surface area contributed by atoms with Gasteiger partial charge in [0.15, 0.2) is 0 Å². The van der Waals surface area contributed by atoms with Gasteiger partial charge >= 0.3 is 0 Å². The zero-order chi connectivity index (χ0) is 27.2. The van der Waals surface area contributed by atoms with E-state index >= 15 is 0 Å². The normalized spacial score (nSPS) is 16.0. The van der Waals surface area contributed by atoms with Crippen LogP contribution in [0.4, 0.5) is 17.2 Å².